The minimum Gasteiger partial charge on any atom is -0.409 e. The van der Waals surface area contributed by atoms with Gasteiger partial charge >= 0.3 is 0 Å². The van der Waals surface area contributed by atoms with Gasteiger partial charge in [-0.2, -0.15) is 0 Å². The van der Waals surface area contributed by atoms with Crippen LogP contribution in [0.4, 0.5) is 5.82 Å². The van der Waals surface area contributed by atoms with Gasteiger partial charge in [-0.3, -0.25) is 0 Å². The van der Waals surface area contributed by atoms with Crippen molar-refractivity contribution in [3.05, 3.63) is 54.0 Å². The molecule has 0 spiro atoms. The molecule has 0 radical (unpaired) electrons. The topological polar surface area (TPSA) is 87.6 Å². The maximum Gasteiger partial charge on any atom is 0.190 e. The van der Waals surface area contributed by atoms with E-state index in [0.29, 0.717) is 5.69 Å². The van der Waals surface area contributed by atoms with E-state index in [1.165, 1.54) is 11.8 Å². The van der Waals surface area contributed by atoms with E-state index in [-0.39, 0.29) is 5.84 Å². The van der Waals surface area contributed by atoms with Crippen molar-refractivity contribution in [2.24, 2.45) is 10.9 Å². The van der Waals surface area contributed by atoms with Gasteiger partial charge in [0.15, 0.2) is 5.84 Å². The Hall–Kier alpha value is -2.63. The van der Waals surface area contributed by atoms with E-state index in [0.717, 1.165) is 12.4 Å². The third kappa shape index (κ3) is 3.19. The van der Waals surface area contributed by atoms with Crippen molar-refractivity contribution < 1.29 is 5.21 Å². The third-order valence-electron chi connectivity index (χ3n) is 2.66. The summed E-state index contributed by atoms with van der Waals surface area (Å²) < 4.78 is 0. The first-order valence-corrected chi connectivity index (χ1v) is 5.75. The monoisotopic (exact) mass is 257 g/mol. The SMILES string of the molecule is CN(Cc1ccccc1)c1cnc(C(N)=NO)cn1. The molecule has 0 aliphatic heterocycles. The minimum absolute atomic E-state index is 0.0511. The maximum atomic E-state index is 8.55. The van der Waals surface area contributed by atoms with E-state index in [4.69, 9.17) is 10.9 Å². The number of hydrogen-bond donors (Lipinski definition) is 2. The zero-order chi connectivity index (χ0) is 13.7. The van der Waals surface area contributed by atoms with Crippen LogP contribution >= 0.6 is 0 Å². The second-order valence-corrected chi connectivity index (χ2v) is 4.09. The summed E-state index contributed by atoms with van der Waals surface area (Å²) in [7, 11) is 1.93. The Kier molecular flexibility index (Phi) is 3.92. The molecule has 1 aromatic carbocycles. The molecule has 2 aromatic rings. The van der Waals surface area contributed by atoms with Gasteiger partial charge in [-0.05, 0) is 5.56 Å². The van der Waals surface area contributed by atoms with Crippen molar-refractivity contribution >= 4 is 11.7 Å². The molecule has 19 heavy (non-hydrogen) atoms. The van der Waals surface area contributed by atoms with Crippen LogP contribution in [-0.2, 0) is 6.54 Å². The van der Waals surface area contributed by atoms with Gasteiger partial charge in [0.05, 0.1) is 12.4 Å². The van der Waals surface area contributed by atoms with E-state index < -0.39 is 0 Å². The predicted molar refractivity (Wildman–Crippen MR) is 73.1 cm³/mol. The largest absolute Gasteiger partial charge is 0.409 e. The molecule has 0 saturated heterocycles. The number of anilines is 1. The van der Waals surface area contributed by atoms with E-state index in [9.17, 15) is 0 Å². The van der Waals surface area contributed by atoms with Crippen LogP contribution in [0.3, 0.4) is 0 Å². The highest BCUT2D eigenvalue weighted by Gasteiger charge is 2.06. The lowest BCUT2D eigenvalue weighted by molar-refractivity contribution is 0.318. The number of benzene rings is 1. The molecule has 6 nitrogen and oxygen atoms in total. The molecule has 98 valence electrons. The van der Waals surface area contributed by atoms with Crippen molar-refractivity contribution in [2.45, 2.75) is 6.54 Å². The Morgan fingerprint density at radius 2 is 2.00 bits per heavy atom. The fourth-order valence-electron chi connectivity index (χ4n) is 1.64. The first-order chi connectivity index (χ1) is 9.20. The standard InChI is InChI=1S/C13H15N5O/c1-18(9-10-5-3-2-4-6-10)12-8-15-11(7-16-12)13(14)17-19/h2-8,19H,9H2,1H3,(H2,14,17). The summed E-state index contributed by atoms with van der Waals surface area (Å²) in [6.07, 6.45) is 3.07. The Morgan fingerprint density at radius 1 is 1.26 bits per heavy atom. The molecule has 0 amide bonds. The quantitative estimate of drug-likeness (QED) is 0.372. The number of nitrogens with two attached hydrogens (primary N) is 1. The smallest absolute Gasteiger partial charge is 0.190 e. The molecule has 2 rings (SSSR count). The summed E-state index contributed by atoms with van der Waals surface area (Å²) in [4.78, 5) is 10.3. The molecule has 0 fully saturated rings. The van der Waals surface area contributed by atoms with Crippen LogP contribution < -0.4 is 10.6 Å². The van der Waals surface area contributed by atoms with Gasteiger partial charge in [-0.15, -0.1) is 0 Å². The fraction of sp³-hybridized carbons (Fsp3) is 0.154. The Labute approximate surface area is 111 Å². The number of rotatable bonds is 4. The second-order valence-electron chi connectivity index (χ2n) is 4.09. The minimum atomic E-state index is -0.0511. The first kappa shape index (κ1) is 12.8. The number of oxime groups is 1. The van der Waals surface area contributed by atoms with Gasteiger partial charge in [0.2, 0.25) is 0 Å². The molecule has 0 bridgehead atoms. The van der Waals surface area contributed by atoms with Crippen LogP contribution in [0.2, 0.25) is 0 Å². The average molecular weight is 257 g/mol. The highest BCUT2D eigenvalue weighted by molar-refractivity contribution is 5.94. The molecule has 0 unspecified atom stereocenters. The number of aromatic nitrogens is 2. The normalized spacial score (nSPS) is 11.3. The van der Waals surface area contributed by atoms with Gasteiger partial charge < -0.3 is 15.8 Å². The van der Waals surface area contributed by atoms with Crippen LogP contribution in [0.15, 0.2) is 47.9 Å². The van der Waals surface area contributed by atoms with Crippen LogP contribution in [0.5, 0.6) is 0 Å². The second kappa shape index (κ2) is 5.81. The van der Waals surface area contributed by atoms with Crippen molar-refractivity contribution in [2.75, 3.05) is 11.9 Å². The lowest BCUT2D eigenvalue weighted by Crippen LogP contribution is -2.20. The molecular formula is C13H15N5O. The Bertz CT molecular complexity index is 553. The van der Waals surface area contributed by atoms with Crippen molar-refractivity contribution in [1.82, 2.24) is 9.97 Å². The van der Waals surface area contributed by atoms with Gasteiger partial charge in [-0.1, -0.05) is 35.5 Å². The van der Waals surface area contributed by atoms with E-state index in [2.05, 4.69) is 27.3 Å². The highest BCUT2D eigenvalue weighted by Crippen LogP contribution is 2.11. The zero-order valence-electron chi connectivity index (χ0n) is 10.6. The molecular weight excluding hydrogens is 242 g/mol. The summed E-state index contributed by atoms with van der Waals surface area (Å²) in [5.74, 6) is 0.670. The highest BCUT2D eigenvalue weighted by atomic mass is 16.4. The van der Waals surface area contributed by atoms with Gasteiger partial charge in [-0.25, -0.2) is 9.97 Å². The zero-order valence-corrected chi connectivity index (χ0v) is 10.6. The lowest BCUT2D eigenvalue weighted by atomic mass is 10.2. The van der Waals surface area contributed by atoms with Crippen LogP contribution in [-0.4, -0.2) is 28.1 Å². The maximum absolute atomic E-state index is 8.55. The lowest BCUT2D eigenvalue weighted by Gasteiger charge is -2.17. The van der Waals surface area contributed by atoms with E-state index in [1.54, 1.807) is 6.20 Å². The van der Waals surface area contributed by atoms with Crippen molar-refractivity contribution in [1.29, 1.82) is 0 Å². The molecule has 6 heteroatoms. The van der Waals surface area contributed by atoms with Crippen molar-refractivity contribution in [3.8, 4) is 0 Å². The predicted octanol–water partition coefficient (Wildman–Crippen LogP) is 1.21. The summed E-state index contributed by atoms with van der Waals surface area (Å²) in [5, 5.41) is 11.4. The number of hydrogen-bond acceptors (Lipinski definition) is 5. The summed E-state index contributed by atoms with van der Waals surface area (Å²) in [5.41, 5.74) is 6.96. The van der Waals surface area contributed by atoms with Gasteiger partial charge in [0.1, 0.15) is 11.5 Å². The number of nitrogens with zero attached hydrogens (tertiary/aromatic N) is 4. The third-order valence-corrected chi connectivity index (χ3v) is 2.66. The van der Waals surface area contributed by atoms with Gasteiger partial charge in [0, 0.05) is 13.6 Å². The average Bonchev–Trinajstić information content (AvgIpc) is 2.47. The summed E-state index contributed by atoms with van der Waals surface area (Å²) in [6.45, 7) is 0.735. The van der Waals surface area contributed by atoms with E-state index in [1.807, 2.05) is 30.1 Å². The Balaban J connectivity index is 2.10. The van der Waals surface area contributed by atoms with Gasteiger partial charge in [0.25, 0.3) is 0 Å². The molecule has 0 atom stereocenters. The fourth-order valence-corrected chi connectivity index (χ4v) is 1.64. The summed E-state index contributed by atoms with van der Waals surface area (Å²) >= 11 is 0. The molecule has 0 saturated carbocycles. The molecule has 1 aromatic heterocycles. The Morgan fingerprint density at radius 3 is 2.58 bits per heavy atom. The van der Waals surface area contributed by atoms with Crippen LogP contribution in [0.25, 0.3) is 0 Å². The van der Waals surface area contributed by atoms with E-state index >= 15 is 0 Å². The summed E-state index contributed by atoms with van der Waals surface area (Å²) in [6, 6.07) is 10.1. The van der Waals surface area contributed by atoms with Crippen molar-refractivity contribution in [3.63, 3.8) is 0 Å². The first-order valence-electron chi connectivity index (χ1n) is 5.75. The molecule has 0 aliphatic carbocycles. The van der Waals surface area contributed by atoms with Crippen LogP contribution in [0, 0.1) is 0 Å². The molecule has 1 heterocycles. The van der Waals surface area contributed by atoms with Crippen LogP contribution in [0.1, 0.15) is 11.3 Å². The molecule has 3 N–H and O–H groups in total. The number of amidine groups is 1. The molecule has 0 aliphatic rings.